The average molecular weight is 407 g/mol. The molecule has 0 aliphatic heterocycles. The summed E-state index contributed by atoms with van der Waals surface area (Å²) < 4.78 is 33.2. The van der Waals surface area contributed by atoms with Gasteiger partial charge in [0.2, 0.25) is 0 Å². The van der Waals surface area contributed by atoms with E-state index in [0.717, 1.165) is 0 Å². The van der Waals surface area contributed by atoms with Gasteiger partial charge >= 0.3 is 11.9 Å². The number of hydrogen-bond acceptors (Lipinski definition) is 6. The summed E-state index contributed by atoms with van der Waals surface area (Å²) in [7, 11) is 1.46. The Morgan fingerprint density at radius 1 is 1.11 bits per heavy atom. The molecule has 27 heavy (non-hydrogen) atoms. The summed E-state index contributed by atoms with van der Waals surface area (Å²) in [6.07, 6.45) is 0. The number of carbonyl (C=O) groups excluding carboxylic acids is 2. The van der Waals surface area contributed by atoms with E-state index >= 15 is 0 Å². The van der Waals surface area contributed by atoms with Crippen LogP contribution < -0.4 is 4.74 Å². The average Bonchev–Trinajstić information content (AvgIpc) is 2.60. The molecule has 0 atom stereocenters. The van der Waals surface area contributed by atoms with Gasteiger partial charge in [-0.3, -0.25) is 4.79 Å². The second-order valence-electron chi connectivity index (χ2n) is 5.21. The van der Waals surface area contributed by atoms with E-state index in [1.807, 2.05) is 0 Å². The van der Waals surface area contributed by atoms with E-state index in [9.17, 15) is 18.0 Å². The second-order valence-corrected chi connectivity index (χ2v) is 7.74. The summed E-state index contributed by atoms with van der Waals surface area (Å²) in [6.45, 7) is 3.01. The van der Waals surface area contributed by atoms with Crippen LogP contribution in [0.1, 0.15) is 35.3 Å². The molecular formula is C19H15ClO6S. The normalized spacial score (nSPS) is 10.5. The smallest absolute Gasteiger partial charge is 0.341 e. The van der Waals surface area contributed by atoms with E-state index in [2.05, 4.69) is 11.8 Å². The number of rotatable bonds is 4. The van der Waals surface area contributed by atoms with E-state index in [-0.39, 0.29) is 28.4 Å². The Hall–Kier alpha value is -2.82. The highest BCUT2D eigenvalue weighted by atomic mass is 35.7. The molecule has 140 valence electrons. The van der Waals surface area contributed by atoms with Crippen LogP contribution in [-0.2, 0) is 18.6 Å². The Balaban J connectivity index is 2.48. The minimum atomic E-state index is -3.95. The molecule has 2 aromatic rings. The fourth-order valence-corrected chi connectivity index (χ4v) is 3.17. The minimum Gasteiger partial charge on any atom is -0.462 e. The molecule has 8 heteroatoms. The van der Waals surface area contributed by atoms with E-state index in [1.54, 1.807) is 13.0 Å². The van der Waals surface area contributed by atoms with Gasteiger partial charge in [-0.15, -0.1) is 0 Å². The minimum absolute atomic E-state index is 0.0390. The molecule has 0 heterocycles. The van der Waals surface area contributed by atoms with E-state index < -0.39 is 21.0 Å². The van der Waals surface area contributed by atoms with Crippen LogP contribution in [0.3, 0.4) is 0 Å². The van der Waals surface area contributed by atoms with Crippen LogP contribution in [0.25, 0.3) is 0 Å². The van der Waals surface area contributed by atoms with Gasteiger partial charge in [-0.25, -0.2) is 13.2 Å². The van der Waals surface area contributed by atoms with E-state index in [1.165, 1.54) is 43.3 Å². The van der Waals surface area contributed by atoms with Crippen molar-refractivity contribution in [1.29, 1.82) is 0 Å². The molecule has 0 aliphatic carbocycles. The molecule has 6 nitrogen and oxygen atoms in total. The number of hydrogen-bond donors (Lipinski definition) is 0. The lowest BCUT2D eigenvalue weighted by Crippen LogP contribution is -2.10. The van der Waals surface area contributed by atoms with Crippen molar-refractivity contribution in [3.63, 3.8) is 0 Å². The predicted molar refractivity (Wildman–Crippen MR) is 99.2 cm³/mol. The second kappa shape index (κ2) is 8.71. The standard InChI is InChI=1S/C19H15ClO6S/c1-3-25-19(22)16-12-14(9-11-17(16)26-13(2)21)8-10-15-6-4-5-7-18(15)27(20,23)24/h4-7,9,11-12H,3H2,1-2H3. The molecule has 0 N–H and O–H groups in total. The maximum atomic E-state index is 12.1. The number of ether oxygens (including phenoxy) is 2. The summed E-state index contributed by atoms with van der Waals surface area (Å²) in [5, 5.41) is 0. The zero-order chi connectivity index (χ0) is 20.0. The van der Waals surface area contributed by atoms with Crippen molar-refractivity contribution in [2.75, 3.05) is 6.61 Å². The molecule has 0 fully saturated rings. The van der Waals surface area contributed by atoms with Crippen molar-refractivity contribution in [1.82, 2.24) is 0 Å². The first-order valence-corrected chi connectivity index (χ1v) is 10.1. The monoisotopic (exact) mass is 406 g/mol. The van der Waals surface area contributed by atoms with Gasteiger partial charge < -0.3 is 9.47 Å². The number of halogens is 1. The van der Waals surface area contributed by atoms with Crippen LogP contribution >= 0.6 is 10.7 Å². The van der Waals surface area contributed by atoms with Gasteiger partial charge in [-0.05, 0) is 37.3 Å². The van der Waals surface area contributed by atoms with Crippen LogP contribution in [0, 0.1) is 11.8 Å². The third-order valence-corrected chi connectivity index (χ3v) is 4.60. The predicted octanol–water partition coefficient (Wildman–Crippen LogP) is 3.12. The number of carbonyl (C=O) groups is 2. The number of esters is 2. The molecule has 0 aliphatic rings. The van der Waals surface area contributed by atoms with Crippen LogP contribution in [0.5, 0.6) is 5.75 Å². The first kappa shape index (κ1) is 20.5. The lowest BCUT2D eigenvalue weighted by molar-refractivity contribution is -0.131. The van der Waals surface area contributed by atoms with Crippen LogP contribution in [0.4, 0.5) is 0 Å². The Labute approximate surface area is 161 Å². The molecule has 0 aromatic heterocycles. The zero-order valence-electron chi connectivity index (χ0n) is 14.5. The van der Waals surface area contributed by atoms with E-state index in [0.29, 0.717) is 5.56 Å². The lowest BCUT2D eigenvalue weighted by atomic mass is 10.1. The maximum absolute atomic E-state index is 12.1. The molecule has 2 aromatic carbocycles. The summed E-state index contributed by atoms with van der Waals surface area (Å²) >= 11 is 0. The third-order valence-electron chi connectivity index (χ3n) is 3.22. The maximum Gasteiger partial charge on any atom is 0.341 e. The highest BCUT2D eigenvalue weighted by Gasteiger charge is 2.16. The van der Waals surface area contributed by atoms with Crippen molar-refractivity contribution < 1.29 is 27.5 Å². The molecule has 0 bridgehead atoms. The molecule has 0 radical (unpaired) electrons. The molecular weight excluding hydrogens is 392 g/mol. The van der Waals surface area contributed by atoms with Gasteiger partial charge in [0.1, 0.15) is 11.3 Å². The van der Waals surface area contributed by atoms with Gasteiger partial charge in [-0.1, -0.05) is 24.0 Å². The molecule has 0 unspecified atom stereocenters. The van der Waals surface area contributed by atoms with E-state index in [4.69, 9.17) is 20.2 Å². The Morgan fingerprint density at radius 2 is 1.81 bits per heavy atom. The number of benzene rings is 2. The van der Waals surface area contributed by atoms with Crippen LogP contribution in [0.2, 0.25) is 0 Å². The quantitative estimate of drug-likeness (QED) is 0.335. The Kier molecular flexibility index (Phi) is 6.61. The topological polar surface area (TPSA) is 86.7 Å². The fourth-order valence-electron chi connectivity index (χ4n) is 2.14. The first-order valence-electron chi connectivity index (χ1n) is 7.77. The molecule has 0 saturated heterocycles. The fraction of sp³-hybridized carbons (Fsp3) is 0.158. The molecule has 0 amide bonds. The summed E-state index contributed by atoms with van der Waals surface area (Å²) in [6, 6.07) is 10.4. The molecule has 0 saturated carbocycles. The summed E-state index contributed by atoms with van der Waals surface area (Å²) in [4.78, 5) is 23.2. The van der Waals surface area contributed by atoms with Gasteiger partial charge in [-0.2, -0.15) is 0 Å². The summed E-state index contributed by atoms with van der Waals surface area (Å²) in [5.41, 5.74) is 0.655. The SMILES string of the molecule is CCOC(=O)c1cc(C#Cc2ccccc2S(=O)(=O)Cl)ccc1OC(C)=O. The van der Waals surface area contributed by atoms with Crippen molar-refractivity contribution in [3.05, 3.63) is 59.2 Å². The Morgan fingerprint density at radius 3 is 2.44 bits per heavy atom. The highest BCUT2D eigenvalue weighted by molar-refractivity contribution is 8.13. The highest BCUT2D eigenvalue weighted by Crippen LogP contribution is 2.22. The van der Waals surface area contributed by atoms with Gasteiger partial charge in [0, 0.05) is 28.7 Å². The molecule has 0 spiro atoms. The summed E-state index contributed by atoms with van der Waals surface area (Å²) in [5.74, 6) is 4.29. The lowest BCUT2D eigenvalue weighted by Gasteiger charge is -2.08. The van der Waals surface area contributed by atoms with Gasteiger partial charge in [0.05, 0.1) is 11.5 Å². The van der Waals surface area contributed by atoms with Crippen LogP contribution in [0.15, 0.2) is 47.4 Å². The van der Waals surface area contributed by atoms with Gasteiger partial charge in [0.15, 0.2) is 0 Å². The van der Waals surface area contributed by atoms with Crippen molar-refractivity contribution >= 4 is 31.7 Å². The van der Waals surface area contributed by atoms with Crippen LogP contribution in [-0.4, -0.2) is 27.0 Å². The first-order chi connectivity index (χ1) is 12.7. The van der Waals surface area contributed by atoms with Crippen molar-refractivity contribution in [3.8, 4) is 17.6 Å². The van der Waals surface area contributed by atoms with Gasteiger partial charge in [0.25, 0.3) is 9.05 Å². The van der Waals surface area contributed by atoms with Crippen molar-refractivity contribution in [2.24, 2.45) is 0 Å². The Bertz CT molecular complexity index is 1050. The third kappa shape index (κ3) is 5.58. The van der Waals surface area contributed by atoms with Crippen molar-refractivity contribution in [2.45, 2.75) is 18.7 Å². The zero-order valence-corrected chi connectivity index (χ0v) is 16.1. The largest absolute Gasteiger partial charge is 0.462 e. The molecule has 2 rings (SSSR count).